The van der Waals surface area contributed by atoms with Gasteiger partial charge in [-0.3, -0.25) is 0 Å². The summed E-state index contributed by atoms with van der Waals surface area (Å²) >= 11 is 6.44. The Balaban J connectivity index is 2.37. The van der Waals surface area contributed by atoms with Crippen molar-refractivity contribution >= 4 is 11.6 Å². The Morgan fingerprint density at radius 2 is 1.56 bits per heavy atom. The van der Waals surface area contributed by atoms with Crippen molar-refractivity contribution in [3.63, 3.8) is 0 Å². The molecule has 0 saturated heterocycles. The molecule has 0 bridgehead atoms. The zero-order valence-corrected chi connectivity index (χ0v) is 9.82. The maximum atomic E-state index is 6.44. The summed E-state index contributed by atoms with van der Waals surface area (Å²) in [7, 11) is 1.66. The van der Waals surface area contributed by atoms with Gasteiger partial charge in [-0.05, 0) is 11.6 Å². The first-order chi connectivity index (χ1) is 7.83. The molecule has 2 heteroatoms. The van der Waals surface area contributed by atoms with Crippen molar-refractivity contribution in [2.45, 2.75) is 5.38 Å². The second kappa shape index (κ2) is 5.04. The Bertz CT molecular complexity index is 453. The number of hydrogen-bond acceptors (Lipinski definition) is 1. The van der Waals surface area contributed by atoms with Gasteiger partial charge in [-0.25, -0.2) is 0 Å². The highest BCUT2D eigenvalue weighted by Crippen LogP contribution is 2.34. The van der Waals surface area contributed by atoms with Gasteiger partial charge in [0.05, 0.1) is 12.5 Å². The van der Waals surface area contributed by atoms with E-state index in [0.717, 1.165) is 16.9 Å². The van der Waals surface area contributed by atoms with Gasteiger partial charge in [-0.2, -0.15) is 0 Å². The van der Waals surface area contributed by atoms with E-state index in [1.54, 1.807) is 7.11 Å². The molecule has 16 heavy (non-hydrogen) atoms. The van der Waals surface area contributed by atoms with Crippen LogP contribution >= 0.6 is 11.6 Å². The van der Waals surface area contributed by atoms with E-state index in [0.29, 0.717) is 0 Å². The van der Waals surface area contributed by atoms with Crippen LogP contribution in [-0.2, 0) is 0 Å². The fourth-order valence-corrected chi connectivity index (χ4v) is 2.00. The number of hydrogen-bond donors (Lipinski definition) is 0. The molecule has 0 aliphatic carbocycles. The largest absolute Gasteiger partial charge is 0.496 e. The summed E-state index contributed by atoms with van der Waals surface area (Å²) in [4.78, 5) is 0. The van der Waals surface area contributed by atoms with E-state index in [1.807, 2.05) is 54.6 Å². The second-order valence-electron chi connectivity index (χ2n) is 3.52. The first-order valence-electron chi connectivity index (χ1n) is 5.15. The standard InChI is InChI=1S/C14H13ClO/c1-16-13-10-6-5-9-12(13)14(15)11-7-3-2-4-8-11/h2-10,14H,1H3/t14-/m0/s1. The molecule has 0 spiro atoms. The quantitative estimate of drug-likeness (QED) is 0.727. The third-order valence-electron chi connectivity index (χ3n) is 2.50. The molecule has 0 aliphatic heterocycles. The van der Waals surface area contributed by atoms with Crippen LogP contribution in [0.2, 0.25) is 0 Å². The van der Waals surface area contributed by atoms with E-state index in [9.17, 15) is 0 Å². The van der Waals surface area contributed by atoms with Crippen molar-refractivity contribution in [2.24, 2.45) is 0 Å². The minimum absolute atomic E-state index is 0.169. The van der Waals surface area contributed by atoms with E-state index in [-0.39, 0.29) is 5.38 Å². The number of para-hydroxylation sites is 1. The van der Waals surface area contributed by atoms with Gasteiger partial charge in [0.15, 0.2) is 0 Å². The predicted molar refractivity (Wildman–Crippen MR) is 67.1 cm³/mol. The summed E-state index contributed by atoms with van der Waals surface area (Å²) in [6.45, 7) is 0. The van der Waals surface area contributed by atoms with E-state index >= 15 is 0 Å². The number of rotatable bonds is 3. The predicted octanol–water partition coefficient (Wildman–Crippen LogP) is 4.02. The van der Waals surface area contributed by atoms with E-state index in [2.05, 4.69) is 0 Å². The van der Waals surface area contributed by atoms with Crippen LogP contribution < -0.4 is 4.74 Å². The van der Waals surface area contributed by atoms with Crippen LogP contribution in [0, 0.1) is 0 Å². The lowest BCUT2D eigenvalue weighted by atomic mass is 10.0. The Kier molecular flexibility index (Phi) is 3.47. The summed E-state index contributed by atoms with van der Waals surface area (Å²) in [5.74, 6) is 0.825. The summed E-state index contributed by atoms with van der Waals surface area (Å²) < 4.78 is 5.30. The van der Waals surface area contributed by atoms with Gasteiger partial charge >= 0.3 is 0 Å². The molecule has 0 radical (unpaired) electrons. The average molecular weight is 233 g/mol. The SMILES string of the molecule is COc1ccccc1[C@@H](Cl)c1ccccc1. The molecule has 0 fully saturated rings. The second-order valence-corrected chi connectivity index (χ2v) is 3.95. The van der Waals surface area contributed by atoms with Gasteiger partial charge in [0.25, 0.3) is 0 Å². The van der Waals surface area contributed by atoms with E-state index in [1.165, 1.54) is 0 Å². The Morgan fingerprint density at radius 3 is 2.25 bits per heavy atom. The molecule has 0 amide bonds. The first kappa shape index (κ1) is 11.0. The van der Waals surface area contributed by atoms with Crippen molar-refractivity contribution in [3.05, 3.63) is 65.7 Å². The fourth-order valence-electron chi connectivity index (χ4n) is 1.68. The topological polar surface area (TPSA) is 9.23 Å². The van der Waals surface area contributed by atoms with Crippen molar-refractivity contribution < 1.29 is 4.74 Å². The maximum Gasteiger partial charge on any atom is 0.123 e. The van der Waals surface area contributed by atoms with Crippen LogP contribution in [-0.4, -0.2) is 7.11 Å². The highest BCUT2D eigenvalue weighted by molar-refractivity contribution is 6.22. The molecule has 0 N–H and O–H groups in total. The van der Waals surface area contributed by atoms with Crippen LogP contribution in [0.15, 0.2) is 54.6 Å². The van der Waals surface area contributed by atoms with Gasteiger partial charge in [0.1, 0.15) is 5.75 Å². The van der Waals surface area contributed by atoms with Gasteiger partial charge in [0.2, 0.25) is 0 Å². The number of alkyl halides is 1. The molecule has 1 nitrogen and oxygen atoms in total. The molecule has 0 heterocycles. The molecule has 2 rings (SSSR count). The molecule has 0 saturated carbocycles. The van der Waals surface area contributed by atoms with Crippen LogP contribution in [0.1, 0.15) is 16.5 Å². The number of halogens is 1. The molecule has 0 aliphatic rings. The Morgan fingerprint density at radius 1 is 0.938 bits per heavy atom. The number of ether oxygens (including phenoxy) is 1. The summed E-state index contributed by atoms with van der Waals surface area (Å²) in [5, 5.41) is -0.169. The van der Waals surface area contributed by atoms with Crippen molar-refractivity contribution in [1.82, 2.24) is 0 Å². The Hall–Kier alpha value is -1.47. The third-order valence-corrected chi connectivity index (χ3v) is 2.99. The van der Waals surface area contributed by atoms with Gasteiger partial charge in [-0.1, -0.05) is 48.5 Å². The van der Waals surface area contributed by atoms with Crippen molar-refractivity contribution in [1.29, 1.82) is 0 Å². The van der Waals surface area contributed by atoms with Crippen molar-refractivity contribution in [2.75, 3.05) is 7.11 Å². The van der Waals surface area contributed by atoms with Gasteiger partial charge < -0.3 is 4.74 Å². The lowest BCUT2D eigenvalue weighted by molar-refractivity contribution is 0.410. The molecular weight excluding hydrogens is 220 g/mol. The third kappa shape index (κ3) is 2.20. The highest BCUT2D eigenvalue weighted by atomic mass is 35.5. The molecule has 2 aromatic rings. The molecule has 82 valence electrons. The Labute approximate surface area is 101 Å². The summed E-state index contributed by atoms with van der Waals surface area (Å²) in [6.07, 6.45) is 0. The monoisotopic (exact) mass is 232 g/mol. The normalized spacial score (nSPS) is 12.1. The number of methoxy groups -OCH3 is 1. The molecular formula is C14H13ClO. The molecule has 0 unspecified atom stereocenters. The average Bonchev–Trinajstić information content (AvgIpc) is 2.39. The zero-order valence-electron chi connectivity index (χ0n) is 9.06. The lowest BCUT2D eigenvalue weighted by Gasteiger charge is -2.13. The van der Waals surface area contributed by atoms with Crippen LogP contribution in [0.3, 0.4) is 0 Å². The van der Waals surface area contributed by atoms with Crippen molar-refractivity contribution in [3.8, 4) is 5.75 Å². The minimum Gasteiger partial charge on any atom is -0.496 e. The fraction of sp³-hybridized carbons (Fsp3) is 0.143. The van der Waals surface area contributed by atoms with Gasteiger partial charge in [0, 0.05) is 5.56 Å². The first-order valence-corrected chi connectivity index (χ1v) is 5.58. The molecule has 0 aromatic heterocycles. The lowest BCUT2D eigenvalue weighted by Crippen LogP contribution is -1.96. The molecule has 2 aromatic carbocycles. The summed E-state index contributed by atoms with van der Waals surface area (Å²) in [5.41, 5.74) is 2.08. The highest BCUT2D eigenvalue weighted by Gasteiger charge is 2.14. The van der Waals surface area contributed by atoms with Crippen LogP contribution in [0.4, 0.5) is 0 Å². The zero-order chi connectivity index (χ0) is 11.4. The molecule has 1 atom stereocenters. The summed E-state index contributed by atoms with van der Waals surface area (Å²) in [6, 6.07) is 17.8. The van der Waals surface area contributed by atoms with Gasteiger partial charge in [-0.15, -0.1) is 11.6 Å². The van der Waals surface area contributed by atoms with E-state index in [4.69, 9.17) is 16.3 Å². The van der Waals surface area contributed by atoms with Crippen LogP contribution in [0.5, 0.6) is 5.75 Å². The smallest absolute Gasteiger partial charge is 0.123 e. The minimum atomic E-state index is -0.169. The van der Waals surface area contributed by atoms with Crippen LogP contribution in [0.25, 0.3) is 0 Å². The maximum absolute atomic E-state index is 6.44. The number of benzene rings is 2. The van der Waals surface area contributed by atoms with E-state index < -0.39 is 0 Å².